The van der Waals surface area contributed by atoms with E-state index >= 15 is 0 Å². The normalized spacial score (nSPS) is 13.7. The fourth-order valence-corrected chi connectivity index (χ4v) is 2.40. The molecule has 0 aromatic rings. The van der Waals surface area contributed by atoms with Gasteiger partial charge in [-0.3, -0.25) is 0 Å². The minimum absolute atomic E-state index is 0.0324. The Morgan fingerprint density at radius 2 is 2.00 bits per heavy atom. The molecule has 0 aliphatic heterocycles. The molecular weight excluding hydrogens is 272 g/mol. The molecule has 0 aromatic carbocycles. The van der Waals surface area contributed by atoms with Gasteiger partial charge in [0.05, 0.1) is 0 Å². The van der Waals surface area contributed by atoms with E-state index in [1.54, 1.807) is 23.5 Å². The molecule has 0 aliphatic rings. The molecule has 0 heterocycles. The average Bonchev–Trinajstić information content (AvgIpc) is 2.31. The highest BCUT2D eigenvalue weighted by molar-refractivity contribution is 7.99. The highest BCUT2D eigenvalue weighted by Gasteiger charge is 2.19. The zero-order valence-corrected chi connectivity index (χ0v) is 12.7. The van der Waals surface area contributed by atoms with Crippen LogP contribution < -0.4 is 10.6 Å². The first kappa shape index (κ1) is 17.4. The number of hydrogen-bond acceptors (Lipinski definition) is 4. The first-order valence-corrected chi connectivity index (χ1v) is 8.42. The van der Waals surface area contributed by atoms with E-state index < -0.39 is 18.0 Å². The van der Waals surface area contributed by atoms with Crippen molar-refractivity contribution >= 4 is 35.5 Å². The van der Waals surface area contributed by atoms with Crippen LogP contribution in [0.3, 0.4) is 0 Å². The SMILES string of the molecule is CCSCC(C)NC(=O)NC(CCSC)C(=O)O. The molecule has 0 aliphatic carbocycles. The fraction of sp³-hybridized carbons (Fsp3) is 0.818. The van der Waals surface area contributed by atoms with E-state index in [9.17, 15) is 9.59 Å². The van der Waals surface area contributed by atoms with Gasteiger partial charge in [-0.1, -0.05) is 6.92 Å². The predicted molar refractivity (Wildman–Crippen MR) is 78.6 cm³/mol. The molecule has 0 bridgehead atoms. The van der Waals surface area contributed by atoms with Gasteiger partial charge in [-0.05, 0) is 31.1 Å². The summed E-state index contributed by atoms with van der Waals surface area (Å²) in [5.74, 6) is 1.54. The van der Waals surface area contributed by atoms with Gasteiger partial charge in [-0.25, -0.2) is 9.59 Å². The summed E-state index contributed by atoms with van der Waals surface area (Å²) in [5.41, 5.74) is 0. The van der Waals surface area contributed by atoms with Crippen LogP contribution in [0.25, 0.3) is 0 Å². The van der Waals surface area contributed by atoms with Crippen molar-refractivity contribution in [3.63, 3.8) is 0 Å². The Morgan fingerprint density at radius 3 is 2.50 bits per heavy atom. The van der Waals surface area contributed by atoms with Crippen LogP contribution in [-0.2, 0) is 4.79 Å². The highest BCUT2D eigenvalue weighted by Crippen LogP contribution is 2.03. The summed E-state index contributed by atoms with van der Waals surface area (Å²) in [6.45, 7) is 3.96. The van der Waals surface area contributed by atoms with Crippen molar-refractivity contribution in [2.24, 2.45) is 0 Å². The summed E-state index contributed by atoms with van der Waals surface area (Å²) >= 11 is 3.30. The van der Waals surface area contributed by atoms with Gasteiger partial charge in [0, 0.05) is 11.8 Å². The van der Waals surface area contributed by atoms with Gasteiger partial charge in [-0.15, -0.1) is 0 Å². The zero-order chi connectivity index (χ0) is 14.0. The Morgan fingerprint density at radius 1 is 1.33 bits per heavy atom. The molecule has 0 saturated carbocycles. The average molecular weight is 294 g/mol. The molecule has 0 rings (SSSR count). The standard InChI is InChI=1S/C11H22N2O3S2/c1-4-18-7-8(2)12-11(16)13-9(10(14)15)5-6-17-3/h8-9H,4-7H2,1-3H3,(H,14,15)(H2,12,13,16). The maximum absolute atomic E-state index is 11.6. The molecule has 2 amide bonds. The summed E-state index contributed by atoms with van der Waals surface area (Å²) < 4.78 is 0. The number of carboxylic acids is 1. The van der Waals surface area contributed by atoms with Crippen LogP contribution >= 0.6 is 23.5 Å². The van der Waals surface area contributed by atoms with E-state index in [0.29, 0.717) is 12.2 Å². The van der Waals surface area contributed by atoms with E-state index in [0.717, 1.165) is 11.5 Å². The van der Waals surface area contributed by atoms with Crippen LogP contribution in [-0.4, -0.2) is 52.7 Å². The van der Waals surface area contributed by atoms with E-state index in [4.69, 9.17) is 5.11 Å². The Bertz CT molecular complexity index is 265. The third-order valence-corrected chi connectivity index (χ3v) is 3.95. The smallest absolute Gasteiger partial charge is 0.326 e. The predicted octanol–water partition coefficient (Wildman–Crippen LogP) is 1.63. The highest BCUT2D eigenvalue weighted by atomic mass is 32.2. The van der Waals surface area contributed by atoms with Crippen molar-refractivity contribution in [1.82, 2.24) is 10.6 Å². The number of hydrogen-bond donors (Lipinski definition) is 3. The first-order valence-electron chi connectivity index (χ1n) is 5.87. The van der Waals surface area contributed by atoms with Crippen LogP contribution in [0.2, 0.25) is 0 Å². The molecule has 0 saturated heterocycles. The number of amides is 2. The van der Waals surface area contributed by atoms with Crippen LogP contribution in [0, 0.1) is 0 Å². The van der Waals surface area contributed by atoms with Crippen molar-refractivity contribution in [1.29, 1.82) is 0 Å². The molecule has 3 N–H and O–H groups in total. The lowest BCUT2D eigenvalue weighted by atomic mass is 10.2. The lowest BCUT2D eigenvalue weighted by molar-refractivity contribution is -0.139. The number of carbonyl (C=O) groups is 2. The second kappa shape index (κ2) is 10.4. The minimum Gasteiger partial charge on any atom is -0.480 e. The second-order valence-electron chi connectivity index (χ2n) is 3.85. The number of rotatable bonds is 9. The minimum atomic E-state index is -0.991. The molecule has 7 heteroatoms. The quantitative estimate of drug-likeness (QED) is 0.602. The first-order chi connectivity index (χ1) is 8.51. The summed E-state index contributed by atoms with van der Waals surface area (Å²) in [4.78, 5) is 22.5. The summed E-state index contributed by atoms with van der Waals surface area (Å²) in [5, 5.41) is 14.2. The van der Waals surface area contributed by atoms with Crippen molar-refractivity contribution in [3.8, 4) is 0 Å². The molecule has 0 aromatic heterocycles. The third-order valence-electron chi connectivity index (χ3n) is 2.16. The van der Waals surface area contributed by atoms with E-state index in [2.05, 4.69) is 17.6 Å². The van der Waals surface area contributed by atoms with Gasteiger partial charge in [0.25, 0.3) is 0 Å². The van der Waals surface area contributed by atoms with Crippen LogP contribution in [0.15, 0.2) is 0 Å². The van der Waals surface area contributed by atoms with Gasteiger partial charge >= 0.3 is 12.0 Å². The topological polar surface area (TPSA) is 78.4 Å². The van der Waals surface area contributed by atoms with Gasteiger partial charge in [0.2, 0.25) is 0 Å². The van der Waals surface area contributed by atoms with Crippen LogP contribution in [0.5, 0.6) is 0 Å². The molecule has 18 heavy (non-hydrogen) atoms. The zero-order valence-electron chi connectivity index (χ0n) is 11.1. The maximum atomic E-state index is 11.6. The lowest BCUT2D eigenvalue weighted by Crippen LogP contribution is -2.49. The van der Waals surface area contributed by atoms with Crippen LogP contribution in [0.1, 0.15) is 20.3 Å². The Kier molecular flexibility index (Phi) is 10.0. The van der Waals surface area contributed by atoms with Gasteiger partial charge in [0.1, 0.15) is 6.04 Å². The number of carboxylic acid groups (broad SMARTS) is 1. The molecule has 0 radical (unpaired) electrons. The maximum Gasteiger partial charge on any atom is 0.326 e. The Balaban J connectivity index is 4.04. The number of urea groups is 1. The number of nitrogens with one attached hydrogen (secondary N) is 2. The molecule has 5 nitrogen and oxygen atoms in total. The van der Waals surface area contributed by atoms with E-state index in [-0.39, 0.29) is 6.04 Å². The second-order valence-corrected chi connectivity index (χ2v) is 6.16. The van der Waals surface area contributed by atoms with Crippen molar-refractivity contribution in [2.45, 2.75) is 32.4 Å². The van der Waals surface area contributed by atoms with E-state index in [1.807, 2.05) is 13.2 Å². The largest absolute Gasteiger partial charge is 0.480 e. The molecular formula is C11H22N2O3S2. The number of thioether (sulfide) groups is 2. The van der Waals surface area contributed by atoms with Crippen LogP contribution in [0.4, 0.5) is 4.79 Å². The van der Waals surface area contributed by atoms with Crippen molar-refractivity contribution < 1.29 is 14.7 Å². The summed E-state index contributed by atoms with van der Waals surface area (Å²) in [6.07, 6.45) is 2.34. The van der Waals surface area contributed by atoms with Gasteiger partial charge < -0.3 is 15.7 Å². The summed E-state index contributed by atoms with van der Waals surface area (Å²) in [6, 6.07) is -1.19. The van der Waals surface area contributed by atoms with E-state index in [1.165, 1.54) is 0 Å². The molecule has 0 fully saturated rings. The third kappa shape index (κ3) is 8.52. The van der Waals surface area contributed by atoms with Crippen molar-refractivity contribution in [3.05, 3.63) is 0 Å². The molecule has 2 unspecified atom stereocenters. The lowest BCUT2D eigenvalue weighted by Gasteiger charge is -2.17. The monoisotopic (exact) mass is 294 g/mol. The van der Waals surface area contributed by atoms with Crippen molar-refractivity contribution in [2.75, 3.05) is 23.5 Å². The Labute approximate surface area is 117 Å². The number of carbonyl (C=O) groups excluding carboxylic acids is 1. The van der Waals surface area contributed by atoms with Gasteiger partial charge in [-0.2, -0.15) is 23.5 Å². The fourth-order valence-electron chi connectivity index (χ4n) is 1.25. The summed E-state index contributed by atoms with van der Waals surface area (Å²) in [7, 11) is 0. The molecule has 2 atom stereocenters. The molecule has 106 valence electrons. The molecule has 0 spiro atoms. The Hall–Kier alpha value is -0.560. The van der Waals surface area contributed by atoms with Gasteiger partial charge in [0.15, 0.2) is 0 Å². The number of aliphatic carboxylic acids is 1.